The molecule has 0 aliphatic heterocycles. The van der Waals surface area contributed by atoms with Crippen molar-refractivity contribution in [3.63, 3.8) is 0 Å². The molecule has 0 bridgehead atoms. The van der Waals surface area contributed by atoms with E-state index in [0.29, 0.717) is 6.54 Å². The lowest BCUT2D eigenvalue weighted by Crippen LogP contribution is -2.31. The molecule has 1 N–H and O–H groups in total. The number of carbonyl (C=O) groups is 1. The van der Waals surface area contributed by atoms with Crippen LogP contribution in [-0.2, 0) is 11.2 Å². The minimum absolute atomic E-state index is 0.0620. The fraction of sp³-hybridized carbons (Fsp3) is 0.316. The number of hydrogen-bond donors (Lipinski definition) is 1. The molecule has 2 aromatic carbocycles. The molecule has 128 valence electrons. The average molecular weight is 364 g/mol. The van der Waals surface area contributed by atoms with Gasteiger partial charge in [0.25, 0.3) is 0 Å². The van der Waals surface area contributed by atoms with Gasteiger partial charge < -0.3 is 10.1 Å². The van der Waals surface area contributed by atoms with Gasteiger partial charge in [0.2, 0.25) is 5.91 Å². The van der Waals surface area contributed by atoms with E-state index >= 15 is 0 Å². The number of halogens is 1. The van der Waals surface area contributed by atoms with Crippen molar-refractivity contribution in [2.24, 2.45) is 0 Å². The monoisotopic (exact) mass is 363 g/mol. The Bertz CT molecular complexity index is 643. The number of ether oxygens (including phenoxy) is 1. The molecule has 2 aromatic rings. The topological polar surface area (TPSA) is 38.3 Å². The maximum Gasteiger partial charge on any atom is 0.233 e. The van der Waals surface area contributed by atoms with Crippen LogP contribution in [0, 0.1) is 0 Å². The maximum atomic E-state index is 12.2. The molecule has 1 unspecified atom stereocenters. The van der Waals surface area contributed by atoms with Crippen molar-refractivity contribution in [3.05, 3.63) is 59.1 Å². The van der Waals surface area contributed by atoms with Gasteiger partial charge in [-0.3, -0.25) is 4.79 Å². The Labute approximate surface area is 152 Å². The van der Waals surface area contributed by atoms with E-state index in [2.05, 4.69) is 5.32 Å². The van der Waals surface area contributed by atoms with Crippen molar-refractivity contribution in [2.45, 2.75) is 29.9 Å². The predicted molar refractivity (Wildman–Crippen MR) is 101 cm³/mol. The van der Waals surface area contributed by atoms with Gasteiger partial charge in [-0.15, -0.1) is 11.8 Å². The van der Waals surface area contributed by atoms with E-state index < -0.39 is 0 Å². The lowest BCUT2D eigenvalue weighted by Gasteiger charge is -2.12. The Morgan fingerprint density at radius 1 is 1.17 bits per heavy atom. The van der Waals surface area contributed by atoms with Crippen LogP contribution in [0.2, 0.25) is 5.02 Å². The van der Waals surface area contributed by atoms with Crippen LogP contribution in [-0.4, -0.2) is 24.8 Å². The highest BCUT2D eigenvalue weighted by Crippen LogP contribution is 2.25. The van der Waals surface area contributed by atoms with E-state index in [1.165, 1.54) is 5.56 Å². The highest BCUT2D eigenvalue weighted by Gasteiger charge is 2.13. The molecule has 0 aliphatic rings. The van der Waals surface area contributed by atoms with Crippen LogP contribution in [0.4, 0.5) is 0 Å². The first-order valence-electron chi connectivity index (χ1n) is 7.91. The molecular formula is C19H22ClNO2S. The van der Waals surface area contributed by atoms with Crippen LogP contribution >= 0.6 is 23.4 Å². The van der Waals surface area contributed by atoms with Gasteiger partial charge in [-0.1, -0.05) is 23.7 Å². The van der Waals surface area contributed by atoms with Crippen molar-refractivity contribution in [3.8, 4) is 5.75 Å². The van der Waals surface area contributed by atoms with Gasteiger partial charge in [-0.25, -0.2) is 0 Å². The first-order chi connectivity index (χ1) is 11.6. The molecule has 24 heavy (non-hydrogen) atoms. The Morgan fingerprint density at radius 2 is 1.83 bits per heavy atom. The number of hydrogen-bond acceptors (Lipinski definition) is 3. The summed E-state index contributed by atoms with van der Waals surface area (Å²) in [7, 11) is 1.64. The first-order valence-corrected chi connectivity index (χ1v) is 9.17. The summed E-state index contributed by atoms with van der Waals surface area (Å²) in [6, 6.07) is 15.6. The van der Waals surface area contributed by atoms with Gasteiger partial charge in [-0.05, 0) is 61.7 Å². The molecule has 1 amide bonds. The summed E-state index contributed by atoms with van der Waals surface area (Å²) in [5.41, 5.74) is 1.23. The van der Waals surface area contributed by atoms with Crippen LogP contribution in [0.1, 0.15) is 18.9 Å². The van der Waals surface area contributed by atoms with Crippen LogP contribution in [0.25, 0.3) is 0 Å². The number of thioether (sulfide) groups is 1. The zero-order chi connectivity index (χ0) is 17.4. The summed E-state index contributed by atoms with van der Waals surface area (Å²) in [6.07, 6.45) is 1.84. The number of carbonyl (C=O) groups excluding carboxylic acids is 1. The number of nitrogens with one attached hydrogen (secondary N) is 1. The van der Waals surface area contributed by atoms with Crippen LogP contribution in [0.5, 0.6) is 5.75 Å². The van der Waals surface area contributed by atoms with E-state index in [1.54, 1.807) is 18.9 Å². The zero-order valence-electron chi connectivity index (χ0n) is 13.9. The lowest BCUT2D eigenvalue weighted by molar-refractivity contribution is -0.120. The number of benzene rings is 2. The molecule has 0 fully saturated rings. The molecule has 0 radical (unpaired) electrons. The largest absolute Gasteiger partial charge is 0.497 e. The fourth-order valence-electron chi connectivity index (χ4n) is 2.21. The molecule has 5 heteroatoms. The van der Waals surface area contributed by atoms with E-state index in [-0.39, 0.29) is 11.2 Å². The smallest absolute Gasteiger partial charge is 0.233 e. The summed E-state index contributed by atoms with van der Waals surface area (Å²) in [4.78, 5) is 13.2. The van der Waals surface area contributed by atoms with E-state index in [4.69, 9.17) is 16.3 Å². The predicted octanol–water partition coefficient (Wildman–Crippen LogP) is 4.58. The molecular weight excluding hydrogens is 342 g/mol. The van der Waals surface area contributed by atoms with Gasteiger partial charge in [-0.2, -0.15) is 0 Å². The third kappa shape index (κ3) is 6.10. The number of methoxy groups -OCH3 is 1. The maximum absolute atomic E-state index is 12.2. The number of amides is 1. The molecule has 0 saturated heterocycles. The zero-order valence-corrected chi connectivity index (χ0v) is 15.5. The van der Waals surface area contributed by atoms with Crippen LogP contribution < -0.4 is 10.1 Å². The average Bonchev–Trinajstić information content (AvgIpc) is 2.60. The molecule has 0 aliphatic carbocycles. The summed E-state index contributed by atoms with van der Waals surface area (Å²) in [5.74, 6) is 0.880. The minimum atomic E-state index is -0.131. The molecule has 0 saturated carbocycles. The first kappa shape index (κ1) is 18.7. The second-order valence-corrected chi connectivity index (χ2v) is 7.31. The Balaban J connectivity index is 1.70. The summed E-state index contributed by atoms with van der Waals surface area (Å²) >= 11 is 7.41. The lowest BCUT2D eigenvalue weighted by atomic mass is 10.1. The quantitative estimate of drug-likeness (QED) is 0.551. The molecule has 0 spiro atoms. The Kier molecular flexibility index (Phi) is 7.47. The van der Waals surface area contributed by atoms with E-state index in [1.807, 2.05) is 55.5 Å². The molecule has 2 rings (SSSR count). The molecule has 0 heterocycles. The van der Waals surface area contributed by atoms with Gasteiger partial charge in [0.05, 0.1) is 12.4 Å². The normalized spacial score (nSPS) is 11.8. The standard InChI is InChI=1S/C19H22ClNO2S/c1-14(24-18-11-9-17(23-2)10-12-18)19(22)21-13-3-4-15-5-7-16(20)8-6-15/h5-12,14H,3-4,13H2,1-2H3,(H,21,22). The van der Waals surface area contributed by atoms with Crippen LogP contribution in [0.3, 0.4) is 0 Å². The molecule has 0 aromatic heterocycles. The number of aryl methyl sites for hydroxylation is 1. The van der Waals surface area contributed by atoms with Gasteiger partial charge in [0.15, 0.2) is 0 Å². The van der Waals surface area contributed by atoms with E-state index in [0.717, 1.165) is 28.5 Å². The second-order valence-electron chi connectivity index (χ2n) is 5.46. The third-order valence-electron chi connectivity index (χ3n) is 3.60. The van der Waals surface area contributed by atoms with Crippen molar-refractivity contribution < 1.29 is 9.53 Å². The molecule has 3 nitrogen and oxygen atoms in total. The Hall–Kier alpha value is -1.65. The fourth-order valence-corrected chi connectivity index (χ4v) is 3.23. The van der Waals surface area contributed by atoms with Crippen molar-refractivity contribution in [1.82, 2.24) is 5.32 Å². The van der Waals surface area contributed by atoms with Gasteiger partial charge in [0.1, 0.15) is 5.75 Å². The Morgan fingerprint density at radius 3 is 2.46 bits per heavy atom. The van der Waals surface area contributed by atoms with Crippen molar-refractivity contribution in [2.75, 3.05) is 13.7 Å². The number of rotatable bonds is 8. The highest BCUT2D eigenvalue weighted by molar-refractivity contribution is 8.00. The highest BCUT2D eigenvalue weighted by atomic mass is 35.5. The van der Waals surface area contributed by atoms with Gasteiger partial charge >= 0.3 is 0 Å². The third-order valence-corrected chi connectivity index (χ3v) is 4.96. The van der Waals surface area contributed by atoms with Crippen molar-refractivity contribution >= 4 is 29.3 Å². The summed E-state index contributed by atoms with van der Waals surface area (Å²) in [5, 5.41) is 3.61. The van der Waals surface area contributed by atoms with Crippen molar-refractivity contribution in [1.29, 1.82) is 0 Å². The second kappa shape index (κ2) is 9.60. The van der Waals surface area contributed by atoms with Gasteiger partial charge in [0, 0.05) is 16.5 Å². The SMILES string of the molecule is COc1ccc(SC(C)C(=O)NCCCc2ccc(Cl)cc2)cc1. The minimum Gasteiger partial charge on any atom is -0.497 e. The van der Waals surface area contributed by atoms with E-state index in [9.17, 15) is 4.79 Å². The summed E-state index contributed by atoms with van der Waals surface area (Å²) in [6.45, 7) is 2.60. The molecule has 1 atom stereocenters. The van der Waals surface area contributed by atoms with Crippen LogP contribution in [0.15, 0.2) is 53.4 Å². The summed E-state index contributed by atoms with van der Waals surface area (Å²) < 4.78 is 5.13.